The van der Waals surface area contributed by atoms with Gasteiger partial charge < -0.3 is 0 Å². The highest BCUT2D eigenvalue weighted by Gasteiger charge is 2.12. The number of aromatic amines is 1. The van der Waals surface area contributed by atoms with E-state index in [0.717, 1.165) is 22.7 Å². The summed E-state index contributed by atoms with van der Waals surface area (Å²) >= 11 is 1.61. The van der Waals surface area contributed by atoms with Crippen LogP contribution in [0.4, 0.5) is 0 Å². The van der Waals surface area contributed by atoms with Gasteiger partial charge in [-0.05, 0) is 30.4 Å². The molecule has 0 radical (unpaired) electrons. The van der Waals surface area contributed by atoms with Gasteiger partial charge in [0.2, 0.25) is 0 Å². The summed E-state index contributed by atoms with van der Waals surface area (Å²) in [6, 6.07) is 2.04. The van der Waals surface area contributed by atoms with E-state index in [4.69, 9.17) is 0 Å². The highest BCUT2D eigenvalue weighted by atomic mass is 32.1. The van der Waals surface area contributed by atoms with Gasteiger partial charge in [0.1, 0.15) is 0 Å². The van der Waals surface area contributed by atoms with Crippen molar-refractivity contribution in [2.24, 2.45) is 0 Å². The Morgan fingerprint density at radius 2 is 2.40 bits per heavy atom. The number of nitrogens with zero attached hydrogens (tertiary/aromatic N) is 2. The lowest BCUT2D eigenvalue weighted by Gasteiger charge is -2.02. The minimum atomic E-state index is -0.125. The summed E-state index contributed by atoms with van der Waals surface area (Å²) < 4.78 is 1.69. The number of aromatic nitrogens is 3. The van der Waals surface area contributed by atoms with Crippen LogP contribution in [0.1, 0.15) is 18.9 Å². The van der Waals surface area contributed by atoms with E-state index in [9.17, 15) is 4.79 Å². The predicted octanol–water partition coefficient (Wildman–Crippen LogP) is 2.02. The number of rotatable bonds is 3. The maximum absolute atomic E-state index is 11.5. The van der Waals surface area contributed by atoms with Gasteiger partial charge >= 0.3 is 5.69 Å². The molecule has 2 rings (SSSR count). The zero-order valence-corrected chi connectivity index (χ0v) is 9.60. The Morgan fingerprint density at radius 1 is 1.60 bits per heavy atom. The third kappa shape index (κ3) is 1.74. The lowest BCUT2D eigenvalue weighted by atomic mass is 10.3. The average Bonchev–Trinajstić information content (AvgIpc) is 2.76. The Kier molecular flexibility index (Phi) is 2.73. The van der Waals surface area contributed by atoms with E-state index < -0.39 is 0 Å². The molecule has 5 heteroatoms. The van der Waals surface area contributed by atoms with E-state index in [2.05, 4.69) is 10.2 Å². The molecule has 0 saturated carbocycles. The number of nitrogens with one attached hydrogen (secondary N) is 1. The van der Waals surface area contributed by atoms with Crippen LogP contribution in [0.15, 0.2) is 16.2 Å². The van der Waals surface area contributed by atoms with Gasteiger partial charge in [0.25, 0.3) is 0 Å². The molecule has 0 aliphatic heterocycles. The van der Waals surface area contributed by atoms with Crippen LogP contribution in [0.2, 0.25) is 0 Å². The van der Waals surface area contributed by atoms with Gasteiger partial charge in [-0.3, -0.25) is 4.57 Å². The van der Waals surface area contributed by atoms with Crippen LogP contribution in [-0.2, 0) is 6.54 Å². The molecule has 0 aromatic carbocycles. The Hall–Kier alpha value is -1.36. The number of thiophene rings is 1. The van der Waals surface area contributed by atoms with Gasteiger partial charge in [0, 0.05) is 6.54 Å². The molecule has 0 spiro atoms. The summed E-state index contributed by atoms with van der Waals surface area (Å²) in [5, 5.41) is 8.59. The Balaban J connectivity index is 2.54. The SMILES string of the molecule is CCCn1c(-c2sccc2C)n[nH]c1=O. The molecule has 2 heterocycles. The highest BCUT2D eigenvalue weighted by Crippen LogP contribution is 2.26. The molecule has 0 aliphatic rings. The van der Waals surface area contributed by atoms with Gasteiger partial charge in [-0.1, -0.05) is 6.92 Å². The summed E-state index contributed by atoms with van der Waals surface area (Å²) in [6.07, 6.45) is 0.927. The monoisotopic (exact) mass is 223 g/mol. The van der Waals surface area contributed by atoms with Gasteiger partial charge in [-0.2, -0.15) is 5.10 Å². The zero-order valence-electron chi connectivity index (χ0n) is 8.78. The number of aryl methyl sites for hydroxylation is 1. The van der Waals surface area contributed by atoms with E-state index in [1.807, 2.05) is 25.3 Å². The first kappa shape index (κ1) is 10.2. The van der Waals surface area contributed by atoms with Crippen LogP contribution in [0, 0.1) is 6.92 Å². The highest BCUT2D eigenvalue weighted by molar-refractivity contribution is 7.13. The maximum atomic E-state index is 11.5. The normalized spacial score (nSPS) is 10.8. The molecular formula is C10H13N3OS. The standard InChI is InChI=1S/C10H13N3OS/c1-3-5-13-9(11-12-10(13)14)8-7(2)4-6-15-8/h4,6H,3,5H2,1-2H3,(H,12,14). The molecule has 15 heavy (non-hydrogen) atoms. The van der Waals surface area contributed by atoms with E-state index in [1.165, 1.54) is 0 Å². The van der Waals surface area contributed by atoms with Crippen LogP contribution < -0.4 is 5.69 Å². The molecule has 1 N–H and O–H groups in total. The van der Waals surface area contributed by atoms with E-state index >= 15 is 0 Å². The van der Waals surface area contributed by atoms with Crippen molar-refractivity contribution in [2.75, 3.05) is 0 Å². The predicted molar refractivity (Wildman–Crippen MR) is 61.2 cm³/mol. The second-order valence-electron chi connectivity index (χ2n) is 3.44. The zero-order chi connectivity index (χ0) is 10.8. The summed E-state index contributed by atoms with van der Waals surface area (Å²) in [5.74, 6) is 0.759. The molecular weight excluding hydrogens is 210 g/mol. The van der Waals surface area contributed by atoms with Crippen LogP contribution in [0.5, 0.6) is 0 Å². The number of hydrogen-bond donors (Lipinski definition) is 1. The average molecular weight is 223 g/mol. The Labute approximate surface area is 91.6 Å². The van der Waals surface area contributed by atoms with Crippen molar-refractivity contribution in [1.82, 2.24) is 14.8 Å². The fraction of sp³-hybridized carbons (Fsp3) is 0.400. The molecule has 2 aromatic rings. The largest absolute Gasteiger partial charge is 0.343 e. The third-order valence-corrected chi connectivity index (χ3v) is 3.28. The van der Waals surface area contributed by atoms with Crippen LogP contribution in [0.25, 0.3) is 10.7 Å². The molecule has 80 valence electrons. The molecule has 2 aromatic heterocycles. The molecule has 0 amide bonds. The fourth-order valence-corrected chi connectivity index (χ4v) is 2.45. The van der Waals surface area contributed by atoms with Crippen LogP contribution in [0.3, 0.4) is 0 Å². The molecule has 0 fully saturated rings. The van der Waals surface area contributed by atoms with Gasteiger partial charge in [0.05, 0.1) is 4.88 Å². The lowest BCUT2D eigenvalue weighted by molar-refractivity contribution is 0.662. The number of hydrogen-bond acceptors (Lipinski definition) is 3. The second kappa shape index (κ2) is 4.02. The van der Waals surface area contributed by atoms with Crippen LogP contribution in [-0.4, -0.2) is 14.8 Å². The molecule has 0 bridgehead atoms. The van der Waals surface area contributed by atoms with Crippen molar-refractivity contribution < 1.29 is 0 Å². The summed E-state index contributed by atoms with van der Waals surface area (Å²) in [6.45, 7) is 4.79. The third-order valence-electron chi connectivity index (χ3n) is 2.27. The van der Waals surface area contributed by atoms with Crippen molar-refractivity contribution in [3.63, 3.8) is 0 Å². The number of H-pyrrole nitrogens is 1. The van der Waals surface area contributed by atoms with Gasteiger partial charge in [-0.15, -0.1) is 11.3 Å². The van der Waals surface area contributed by atoms with Crippen molar-refractivity contribution in [1.29, 1.82) is 0 Å². The van der Waals surface area contributed by atoms with E-state index in [-0.39, 0.29) is 5.69 Å². The van der Waals surface area contributed by atoms with Crippen molar-refractivity contribution >= 4 is 11.3 Å². The smallest absolute Gasteiger partial charge is 0.274 e. The topological polar surface area (TPSA) is 50.7 Å². The van der Waals surface area contributed by atoms with Gasteiger partial charge in [-0.25, -0.2) is 9.89 Å². The fourth-order valence-electron chi connectivity index (χ4n) is 1.52. The van der Waals surface area contributed by atoms with E-state index in [0.29, 0.717) is 6.54 Å². The molecule has 4 nitrogen and oxygen atoms in total. The van der Waals surface area contributed by atoms with Gasteiger partial charge in [0.15, 0.2) is 5.82 Å². The summed E-state index contributed by atoms with van der Waals surface area (Å²) in [5.41, 5.74) is 1.04. The molecule has 0 aliphatic carbocycles. The summed E-state index contributed by atoms with van der Waals surface area (Å²) in [4.78, 5) is 12.6. The van der Waals surface area contributed by atoms with Crippen molar-refractivity contribution in [3.05, 3.63) is 27.5 Å². The van der Waals surface area contributed by atoms with Crippen LogP contribution >= 0.6 is 11.3 Å². The second-order valence-corrected chi connectivity index (χ2v) is 4.35. The first-order chi connectivity index (χ1) is 7.24. The van der Waals surface area contributed by atoms with Crippen molar-refractivity contribution in [3.8, 4) is 10.7 Å². The minimum absolute atomic E-state index is 0.125. The molecule has 0 atom stereocenters. The quantitative estimate of drug-likeness (QED) is 0.865. The lowest BCUT2D eigenvalue weighted by Crippen LogP contribution is -2.17. The van der Waals surface area contributed by atoms with E-state index in [1.54, 1.807) is 15.9 Å². The maximum Gasteiger partial charge on any atom is 0.343 e. The van der Waals surface area contributed by atoms with Crippen molar-refractivity contribution in [2.45, 2.75) is 26.8 Å². The molecule has 0 unspecified atom stereocenters. The minimum Gasteiger partial charge on any atom is -0.274 e. The molecule has 0 saturated heterocycles. The Morgan fingerprint density at radius 3 is 3.00 bits per heavy atom. The first-order valence-corrected chi connectivity index (χ1v) is 5.81. The Bertz CT molecular complexity index is 509. The summed E-state index contributed by atoms with van der Waals surface area (Å²) in [7, 11) is 0. The first-order valence-electron chi connectivity index (χ1n) is 4.93.